The first kappa shape index (κ1) is 22.5. The van der Waals surface area contributed by atoms with E-state index in [0.717, 1.165) is 32.9 Å². The van der Waals surface area contributed by atoms with Crippen LogP contribution in [0.25, 0.3) is 0 Å². The van der Waals surface area contributed by atoms with Gasteiger partial charge in [-0.05, 0) is 11.0 Å². The summed E-state index contributed by atoms with van der Waals surface area (Å²) in [4.78, 5) is 0. The molecule has 2 heterocycles. The summed E-state index contributed by atoms with van der Waals surface area (Å²) in [6.45, 7) is 6.40. The smallest absolute Gasteiger partial charge is 0.255 e. The van der Waals surface area contributed by atoms with E-state index in [1.165, 1.54) is 14.1 Å². The lowest BCUT2D eigenvalue weighted by Crippen LogP contribution is -2.26. The molecule has 162 valence electrons. The number of hydrogen-bond acceptors (Lipinski definition) is 9. The molecule has 1 atom stereocenters. The van der Waals surface area contributed by atoms with E-state index in [9.17, 15) is 13.5 Å². The van der Waals surface area contributed by atoms with Gasteiger partial charge in [0.25, 0.3) is 10.0 Å². The Morgan fingerprint density at radius 2 is 1.73 bits per heavy atom. The topological polar surface area (TPSA) is 107 Å². The number of thiophene rings is 1. The van der Waals surface area contributed by atoms with Gasteiger partial charge in [0, 0.05) is 19.5 Å². The van der Waals surface area contributed by atoms with E-state index in [1.807, 2.05) is 18.2 Å². The standard InChI is InChI=1S/C19H25N5O3S3/c1-19(2,3)15(12-9-7-6-8-10-12)21-17-16(22-29-23-17)20-13-11-28-18(14(13)25)30(26,27)24(4)5/h6-11,15,25H,1-5H3,(H,20,22)(H,21,23)/t15-/m0/s1. The Morgan fingerprint density at radius 3 is 2.33 bits per heavy atom. The van der Waals surface area contributed by atoms with Crippen LogP contribution in [-0.4, -0.2) is 40.7 Å². The Kier molecular flexibility index (Phi) is 6.37. The lowest BCUT2D eigenvalue weighted by molar-refractivity contribution is 0.347. The summed E-state index contributed by atoms with van der Waals surface area (Å²) in [6, 6.07) is 10.0. The first-order chi connectivity index (χ1) is 14.0. The molecule has 0 unspecified atom stereocenters. The second-order valence-corrected chi connectivity index (χ2v) is 11.8. The second kappa shape index (κ2) is 8.50. The third-order valence-electron chi connectivity index (χ3n) is 4.47. The van der Waals surface area contributed by atoms with Crippen molar-refractivity contribution in [2.45, 2.75) is 31.0 Å². The van der Waals surface area contributed by atoms with Crippen molar-refractivity contribution in [3.8, 4) is 5.75 Å². The van der Waals surface area contributed by atoms with E-state index in [4.69, 9.17) is 0 Å². The van der Waals surface area contributed by atoms with Crippen LogP contribution < -0.4 is 10.6 Å². The first-order valence-electron chi connectivity index (χ1n) is 9.16. The van der Waals surface area contributed by atoms with Gasteiger partial charge in [-0.2, -0.15) is 8.75 Å². The molecule has 1 aromatic carbocycles. The highest BCUT2D eigenvalue weighted by Crippen LogP contribution is 2.42. The maximum atomic E-state index is 12.4. The SMILES string of the molecule is CN(C)S(=O)(=O)c1scc(Nc2nsnc2N[C@@H](c2ccccc2)C(C)(C)C)c1O. The van der Waals surface area contributed by atoms with Gasteiger partial charge in [-0.15, -0.1) is 11.3 Å². The molecular formula is C19H25N5O3S3. The highest BCUT2D eigenvalue weighted by molar-refractivity contribution is 7.91. The minimum atomic E-state index is -3.74. The normalized spacial score (nSPS) is 13.4. The minimum Gasteiger partial charge on any atom is -0.504 e. The summed E-state index contributed by atoms with van der Waals surface area (Å²) in [5.74, 6) is 0.626. The van der Waals surface area contributed by atoms with Crippen molar-refractivity contribution >= 4 is 50.4 Å². The quantitative estimate of drug-likeness (QED) is 0.470. The van der Waals surface area contributed by atoms with Gasteiger partial charge in [-0.1, -0.05) is 51.1 Å². The molecule has 30 heavy (non-hydrogen) atoms. The number of anilines is 3. The van der Waals surface area contributed by atoms with Gasteiger partial charge in [0.1, 0.15) is 0 Å². The number of aromatic hydroxyl groups is 1. The molecule has 0 saturated carbocycles. The molecular weight excluding hydrogens is 442 g/mol. The fourth-order valence-electron chi connectivity index (χ4n) is 2.85. The molecule has 0 aliphatic rings. The van der Waals surface area contributed by atoms with Gasteiger partial charge < -0.3 is 15.7 Å². The van der Waals surface area contributed by atoms with Gasteiger partial charge in [-0.25, -0.2) is 12.7 Å². The van der Waals surface area contributed by atoms with Crippen LogP contribution in [0.4, 0.5) is 17.3 Å². The molecule has 0 fully saturated rings. The summed E-state index contributed by atoms with van der Waals surface area (Å²) in [5.41, 5.74) is 1.27. The zero-order valence-corrected chi connectivity index (χ0v) is 19.8. The summed E-state index contributed by atoms with van der Waals surface area (Å²) in [5, 5.41) is 18.5. The molecule has 0 saturated heterocycles. The van der Waals surface area contributed by atoms with Crippen LogP contribution in [0.2, 0.25) is 0 Å². The molecule has 2 aromatic heterocycles. The fraction of sp³-hybridized carbons (Fsp3) is 0.368. The van der Waals surface area contributed by atoms with Crippen molar-refractivity contribution < 1.29 is 13.5 Å². The summed E-state index contributed by atoms with van der Waals surface area (Å²) >= 11 is 1.97. The Hall–Kier alpha value is -2.21. The van der Waals surface area contributed by atoms with Crippen LogP contribution in [-0.2, 0) is 10.0 Å². The van der Waals surface area contributed by atoms with Crippen LogP contribution in [0.3, 0.4) is 0 Å². The Labute approximate surface area is 185 Å². The van der Waals surface area contributed by atoms with E-state index < -0.39 is 10.0 Å². The van der Waals surface area contributed by atoms with Gasteiger partial charge >= 0.3 is 0 Å². The molecule has 3 N–H and O–H groups in total. The van der Waals surface area contributed by atoms with Crippen LogP contribution in [0.1, 0.15) is 32.4 Å². The number of sulfonamides is 1. The zero-order chi connectivity index (χ0) is 22.1. The first-order valence-corrected chi connectivity index (χ1v) is 12.2. The van der Waals surface area contributed by atoms with E-state index in [0.29, 0.717) is 11.6 Å². The predicted octanol–water partition coefficient (Wildman–Crippen LogP) is 4.50. The molecule has 8 nitrogen and oxygen atoms in total. The molecule has 0 radical (unpaired) electrons. The Bertz CT molecular complexity index is 1100. The maximum Gasteiger partial charge on any atom is 0.255 e. The van der Waals surface area contributed by atoms with Crippen molar-refractivity contribution in [3.05, 3.63) is 41.3 Å². The monoisotopic (exact) mass is 467 g/mol. The minimum absolute atomic E-state index is 0.0381. The molecule has 11 heteroatoms. The van der Waals surface area contributed by atoms with E-state index in [2.05, 4.69) is 52.3 Å². The van der Waals surface area contributed by atoms with Crippen molar-refractivity contribution in [1.82, 2.24) is 13.1 Å². The number of nitrogens with one attached hydrogen (secondary N) is 2. The Balaban J connectivity index is 1.89. The van der Waals surface area contributed by atoms with Crippen LogP contribution in [0, 0.1) is 5.41 Å². The maximum absolute atomic E-state index is 12.4. The molecule has 0 aliphatic heterocycles. The average molecular weight is 468 g/mol. The second-order valence-electron chi connectivity index (χ2n) is 8.01. The molecule has 0 amide bonds. The highest BCUT2D eigenvalue weighted by atomic mass is 32.2. The van der Waals surface area contributed by atoms with Crippen molar-refractivity contribution in [3.63, 3.8) is 0 Å². The van der Waals surface area contributed by atoms with Crippen LogP contribution >= 0.6 is 23.1 Å². The van der Waals surface area contributed by atoms with Crippen LogP contribution in [0.15, 0.2) is 39.9 Å². The summed E-state index contributed by atoms with van der Waals surface area (Å²) in [6.07, 6.45) is 0. The number of hydrogen-bond donors (Lipinski definition) is 3. The largest absolute Gasteiger partial charge is 0.504 e. The van der Waals surface area contributed by atoms with E-state index >= 15 is 0 Å². The summed E-state index contributed by atoms with van der Waals surface area (Å²) in [7, 11) is -0.896. The molecule has 0 bridgehead atoms. The predicted molar refractivity (Wildman–Crippen MR) is 122 cm³/mol. The lowest BCUT2D eigenvalue weighted by atomic mass is 9.82. The van der Waals surface area contributed by atoms with Gasteiger partial charge in [-0.3, -0.25) is 0 Å². The van der Waals surface area contributed by atoms with Crippen molar-refractivity contribution in [2.24, 2.45) is 5.41 Å². The van der Waals surface area contributed by atoms with E-state index in [-0.39, 0.29) is 27.1 Å². The number of benzene rings is 1. The summed E-state index contributed by atoms with van der Waals surface area (Å²) < 4.78 is 34.3. The highest BCUT2D eigenvalue weighted by Gasteiger charge is 2.29. The lowest BCUT2D eigenvalue weighted by Gasteiger charge is -2.32. The Morgan fingerprint density at radius 1 is 1.10 bits per heavy atom. The van der Waals surface area contributed by atoms with Gasteiger partial charge in [0.15, 0.2) is 21.6 Å². The fourth-order valence-corrected chi connectivity index (χ4v) is 5.70. The zero-order valence-electron chi connectivity index (χ0n) is 17.4. The third kappa shape index (κ3) is 4.59. The molecule has 0 spiro atoms. The molecule has 3 aromatic rings. The number of aromatic nitrogens is 2. The third-order valence-corrected chi connectivity index (χ3v) is 8.30. The number of rotatable bonds is 7. The van der Waals surface area contributed by atoms with Crippen molar-refractivity contribution in [1.29, 1.82) is 0 Å². The van der Waals surface area contributed by atoms with Crippen molar-refractivity contribution in [2.75, 3.05) is 24.7 Å². The van der Waals surface area contributed by atoms with Gasteiger partial charge in [0.2, 0.25) is 0 Å². The molecule has 0 aliphatic carbocycles. The van der Waals surface area contributed by atoms with E-state index in [1.54, 1.807) is 5.38 Å². The van der Waals surface area contributed by atoms with Gasteiger partial charge in [0.05, 0.1) is 23.5 Å². The van der Waals surface area contributed by atoms with Crippen LogP contribution in [0.5, 0.6) is 5.75 Å². The number of nitrogens with zero attached hydrogens (tertiary/aromatic N) is 3. The molecule has 3 rings (SSSR count). The average Bonchev–Trinajstić information content (AvgIpc) is 3.26.